The van der Waals surface area contributed by atoms with Crippen molar-refractivity contribution in [2.45, 2.75) is 26.2 Å². The van der Waals surface area contributed by atoms with Crippen LogP contribution >= 0.6 is 11.6 Å². The van der Waals surface area contributed by atoms with E-state index < -0.39 is 0 Å². The molecule has 0 amide bonds. The fraction of sp³-hybridized carbons (Fsp3) is 0.400. The van der Waals surface area contributed by atoms with Crippen molar-refractivity contribution >= 4 is 11.6 Å². The van der Waals surface area contributed by atoms with Crippen LogP contribution in [0.3, 0.4) is 0 Å². The molecule has 0 bridgehead atoms. The van der Waals surface area contributed by atoms with Crippen molar-refractivity contribution in [3.05, 3.63) is 58.6 Å². The molecule has 2 aromatic carbocycles. The summed E-state index contributed by atoms with van der Waals surface area (Å²) in [7, 11) is 1.63. The third kappa shape index (κ3) is 6.84. The molecule has 26 heavy (non-hydrogen) atoms. The molecule has 0 heterocycles. The average Bonchev–Trinajstić information content (AvgIpc) is 2.64. The topological polar surface area (TPSA) is 62.8 Å². The summed E-state index contributed by atoms with van der Waals surface area (Å²) in [4.78, 5) is 0. The highest BCUT2D eigenvalue weighted by atomic mass is 35.5. The van der Waals surface area contributed by atoms with Gasteiger partial charge in [-0.15, -0.1) is 0 Å². The minimum absolute atomic E-state index is 0.322. The van der Waals surface area contributed by atoms with Crippen molar-refractivity contribution in [1.82, 2.24) is 10.6 Å². The molecule has 6 heteroatoms. The van der Waals surface area contributed by atoms with Crippen LogP contribution in [0, 0.1) is 0 Å². The molecule has 0 aliphatic heterocycles. The Hall–Kier alpha value is -1.79. The largest absolute Gasteiger partial charge is 0.493 e. The fourth-order valence-corrected chi connectivity index (χ4v) is 2.62. The maximum absolute atomic E-state index is 9.19. The van der Waals surface area contributed by atoms with Gasteiger partial charge in [0, 0.05) is 36.8 Å². The van der Waals surface area contributed by atoms with Crippen LogP contribution in [0.1, 0.15) is 18.1 Å². The molecule has 2 aromatic rings. The zero-order valence-electron chi connectivity index (χ0n) is 15.3. The SMILES string of the molecule is COc1cc(CNCCNC[C@H](C)O)ccc1OCc1ccccc1Cl. The van der Waals surface area contributed by atoms with Gasteiger partial charge in [0.15, 0.2) is 11.5 Å². The van der Waals surface area contributed by atoms with E-state index in [2.05, 4.69) is 10.6 Å². The summed E-state index contributed by atoms with van der Waals surface area (Å²) in [5.41, 5.74) is 2.05. The molecule has 0 saturated carbocycles. The summed E-state index contributed by atoms with van der Waals surface area (Å²) in [5, 5.41) is 16.4. The Morgan fingerprint density at radius 1 is 1.08 bits per heavy atom. The molecule has 0 saturated heterocycles. The number of hydrogen-bond donors (Lipinski definition) is 3. The van der Waals surface area contributed by atoms with E-state index in [0.29, 0.717) is 29.7 Å². The monoisotopic (exact) mass is 378 g/mol. The first-order chi connectivity index (χ1) is 12.6. The minimum Gasteiger partial charge on any atom is -0.493 e. The highest BCUT2D eigenvalue weighted by Crippen LogP contribution is 2.29. The second-order valence-corrected chi connectivity index (χ2v) is 6.50. The van der Waals surface area contributed by atoms with Crippen LogP contribution in [0.2, 0.25) is 5.02 Å². The Morgan fingerprint density at radius 3 is 2.58 bits per heavy atom. The van der Waals surface area contributed by atoms with Gasteiger partial charge in [0.2, 0.25) is 0 Å². The predicted octanol–water partition coefficient (Wildman–Crippen LogP) is 2.99. The molecular formula is C20H27ClN2O3. The molecule has 0 unspecified atom stereocenters. The van der Waals surface area contributed by atoms with Crippen LogP contribution < -0.4 is 20.1 Å². The van der Waals surface area contributed by atoms with Crippen LogP contribution in [0.15, 0.2) is 42.5 Å². The van der Waals surface area contributed by atoms with Gasteiger partial charge in [-0.1, -0.05) is 35.9 Å². The number of hydrogen-bond acceptors (Lipinski definition) is 5. The highest BCUT2D eigenvalue weighted by molar-refractivity contribution is 6.31. The summed E-state index contributed by atoms with van der Waals surface area (Å²) < 4.78 is 11.3. The summed E-state index contributed by atoms with van der Waals surface area (Å²) >= 11 is 6.16. The lowest BCUT2D eigenvalue weighted by atomic mass is 10.2. The number of rotatable bonds is 11. The van der Waals surface area contributed by atoms with E-state index in [4.69, 9.17) is 21.1 Å². The lowest BCUT2D eigenvalue weighted by Crippen LogP contribution is -2.31. The second-order valence-electron chi connectivity index (χ2n) is 6.10. The Kier molecular flexibility index (Phi) is 8.71. The standard InChI is InChI=1S/C20H27ClN2O3/c1-15(24)12-22-9-10-23-13-16-7-8-19(20(11-16)25-2)26-14-17-5-3-4-6-18(17)21/h3-8,11,15,22-24H,9-10,12-14H2,1-2H3/t15-/m0/s1. The lowest BCUT2D eigenvalue weighted by molar-refractivity contribution is 0.191. The fourth-order valence-electron chi connectivity index (χ4n) is 2.43. The number of benzene rings is 2. The highest BCUT2D eigenvalue weighted by Gasteiger charge is 2.07. The molecule has 2 rings (SSSR count). The first-order valence-corrected chi connectivity index (χ1v) is 9.10. The Balaban J connectivity index is 1.83. The Bertz CT molecular complexity index is 680. The van der Waals surface area contributed by atoms with Crippen molar-refractivity contribution in [2.75, 3.05) is 26.7 Å². The zero-order chi connectivity index (χ0) is 18.8. The number of ether oxygens (including phenoxy) is 2. The van der Waals surface area contributed by atoms with E-state index in [-0.39, 0.29) is 6.10 Å². The van der Waals surface area contributed by atoms with E-state index in [0.717, 1.165) is 30.8 Å². The molecule has 3 N–H and O–H groups in total. The molecule has 0 fully saturated rings. The molecule has 142 valence electrons. The van der Waals surface area contributed by atoms with Crippen LogP contribution in [-0.2, 0) is 13.2 Å². The lowest BCUT2D eigenvalue weighted by Gasteiger charge is -2.13. The third-order valence-corrected chi connectivity index (χ3v) is 4.19. The summed E-state index contributed by atoms with van der Waals surface area (Å²) in [5.74, 6) is 1.39. The number of nitrogens with one attached hydrogen (secondary N) is 2. The summed E-state index contributed by atoms with van der Waals surface area (Å²) in [6.07, 6.45) is -0.322. The van der Waals surface area contributed by atoms with Crippen molar-refractivity contribution in [3.63, 3.8) is 0 Å². The number of aliphatic hydroxyl groups excluding tert-OH is 1. The van der Waals surface area contributed by atoms with Crippen LogP contribution in [0.25, 0.3) is 0 Å². The van der Waals surface area contributed by atoms with E-state index in [1.54, 1.807) is 14.0 Å². The maximum Gasteiger partial charge on any atom is 0.161 e. The zero-order valence-corrected chi connectivity index (χ0v) is 16.1. The number of aliphatic hydroxyl groups is 1. The molecule has 0 spiro atoms. The van der Waals surface area contributed by atoms with Crippen LogP contribution in [0.4, 0.5) is 0 Å². The van der Waals surface area contributed by atoms with E-state index >= 15 is 0 Å². The van der Waals surface area contributed by atoms with Gasteiger partial charge in [-0.2, -0.15) is 0 Å². The Labute approximate surface area is 160 Å². The van der Waals surface area contributed by atoms with Crippen LogP contribution in [-0.4, -0.2) is 38.0 Å². The van der Waals surface area contributed by atoms with Gasteiger partial charge in [0.1, 0.15) is 6.61 Å². The first-order valence-electron chi connectivity index (χ1n) is 8.72. The average molecular weight is 379 g/mol. The van der Waals surface area contributed by atoms with Gasteiger partial charge >= 0.3 is 0 Å². The summed E-state index contributed by atoms with van der Waals surface area (Å²) in [6, 6.07) is 13.5. The molecule has 0 aliphatic rings. The quantitative estimate of drug-likeness (QED) is 0.525. The smallest absolute Gasteiger partial charge is 0.161 e. The van der Waals surface area contributed by atoms with Gasteiger partial charge < -0.3 is 25.2 Å². The van der Waals surface area contributed by atoms with Gasteiger partial charge in [0.05, 0.1) is 13.2 Å². The Morgan fingerprint density at radius 2 is 1.85 bits per heavy atom. The molecule has 1 atom stereocenters. The van der Waals surface area contributed by atoms with Gasteiger partial charge in [-0.3, -0.25) is 0 Å². The van der Waals surface area contributed by atoms with Gasteiger partial charge in [0.25, 0.3) is 0 Å². The van der Waals surface area contributed by atoms with Gasteiger partial charge in [-0.05, 0) is 30.7 Å². The van der Waals surface area contributed by atoms with E-state index in [1.165, 1.54) is 0 Å². The number of halogens is 1. The van der Waals surface area contributed by atoms with E-state index in [1.807, 2.05) is 42.5 Å². The molecular weight excluding hydrogens is 352 g/mol. The normalized spacial score (nSPS) is 12.0. The molecule has 5 nitrogen and oxygen atoms in total. The second kappa shape index (κ2) is 11.0. The van der Waals surface area contributed by atoms with Crippen molar-refractivity contribution in [3.8, 4) is 11.5 Å². The number of methoxy groups -OCH3 is 1. The minimum atomic E-state index is -0.322. The van der Waals surface area contributed by atoms with E-state index in [9.17, 15) is 5.11 Å². The van der Waals surface area contributed by atoms with Crippen LogP contribution in [0.5, 0.6) is 11.5 Å². The van der Waals surface area contributed by atoms with Gasteiger partial charge in [-0.25, -0.2) is 0 Å². The first kappa shape index (κ1) is 20.5. The van der Waals surface area contributed by atoms with Crippen molar-refractivity contribution < 1.29 is 14.6 Å². The maximum atomic E-state index is 9.19. The van der Waals surface area contributed by atoms with Crippen molar-refractivity contribution in [1.29, 1.82) is 0 Å². The third-order valence-electron chi connectivity index (χ3n) is 3.82. The summed E-state index contributed by atoms with van der Waals surface area (Å²) in [6.45, 7) is 5.12. The molecule has 0 radical (unpaired) electrons. The van der Waals surface area contributed by atoms with Crippen molar-refractivity contribution in [2.24, 2.45) is 0 Å². The molecule has 0 aromatic heterocycles. The molecule has 0 aliphatic carbocycles. The predicted molar refractivity (Wildman–Crippen MR) is 105 cm³/mol.